The quantitative estimate of drug-likeness (QED) is 0.786. The van der Waals surface area contributed by atoms with Crippen LogP contribution < -0.4 is 10.6 Å². The summed E-state index contributed by atoms with van der Waals surface area (Å²) in [6, 6.07) is 1.29. The van der Waals surface area contributed by atoms with Crippen LogP contribution in [-0.2, 0) is 0 Å². The number of H-pyrrole nitrogens is 1. The van der Waals surface area contributed by atoms with Crippen LogP contribution in [0.25, 0.3) is 0 Å². The number of aromatic amines is 1. The summed E-state index contributed by atoms with van der Waals surface area (Å²) in [7, 11) is 1.72. The summed E-state index contributed by atoms with van der Waals surface area (Å²) < 4.78 is 0. The molecule has 2 heterocycles. The largest absolute Gasteiger partial charge is 0.373 e. The molecule has 19 heavy (non-hydrogen) atoms. The number of nitrogens with zero attached hydrogens (tertiary/aromatic N) is 3. The average molecular weight is 281 g/mol. The molecule has 2 aromatic rings. The maximum absolute atomic E-state index is 12.1. The number of anilines is 1. The van der Waals surface area contributed by atoms with Crippen molar-refractivity contribution in [2.75, 3.05) is 12.4 Å². The van der Waals surface area contributed by atoms with E-state index in [2.05, 4.69) is 30.8 Å². The summed E-state index contributed by atoms with van der Waals surface area (Å²) >= 11 is 5.97. The monoisotopic (exact) mass is 280 g/mol. The summed E-state index contributed by atoms with van der Waals surface area (Å²) in [5.74, 6) is 0.849. The van der Waals surface area contributed by atoms with Crippen molar-refractivity contribution in [2.45, 2.75) is 13.0 Å². The maximum atomic E-state index is 12.1. The molecule has 0 fully saturated rings. The fourth-order valence-corrected chi connectivity index (χ4v) is 1.70. The van der Waals surface area contributed by atoms with Gasteiger partial charge in [-0.25, -0.2) is 9.97 Å². The Morgan fingerprint density at radius 2 is 2.26 bits per heavy atom. The van der Waals surface area contributed by atoms with Gasteiger partial charge in [-0.2, -0.15) is 5.10 Å². The lowest BCUT2D eigenvalue weighted by atomic mass is 10.2. The summed E-state index contributed by atoms with van der Waals surface area (Å²) in [6.45, 7) is 1.80. The third-order valence-electron chi connectivity index (χ3n) is 2.55. The van der Waals surface area contributed by atoms with Gasteiger partial charge in [0.25, 0.3) is 5.91 Å². The molecule has 0 aliphatic carbocycles. The van der Waals surface area contributed by atoms with E-state index >= 15 is 0 Å². The molecule has 0 aliphatic rings. The molecule has 1 atom stereocenters. The molecule has 0 bridgehead atoms. The minimum absolute atomic E-state index is 0.293. The molecular formula is C11H13ClN6O. The number of hydrogen-bond acceptors (Lipinski definition) is 5. The molecule has 0 saturated carbocycles. The van der Waals surface area contributed by atoms with Crippen LogP contribution in [0.4, 0.5) is 5.82 Å². The smallest absolute Gasteiger partial charge is 0.253 e. The molecule has 0 aliphatic heterocycles. The van der Waals surface area contributed by atoms with E-state index in [9.17, 15) is 4.79 Å². The summed E-state index contributed by atoms with van der Waals surface area (Å²) in [6.07, 6.45) is 2.82. The van der Waals surface area contributed by atoms with Gasteiger partial charge in [-0.15, -0.1) is 0 Å². The first-order valence-corrected chi connectivity index (χ1v) is 5.99. The molecule has 7 nitrogen and oxygen atoms in total. The fourth-order valence-electron chi connectivity index (χ4n) is 1.52. The molecule has 2 rings (SSSR count). The van der Waals surface area contributed by atoms with Crippen LogP contribution in [-0.4, -0.2) is 33.1 Å². The zero-order valence-corrected chi connectivity index (χ0v) is 11.2. The van der Waals surface area contributed by atoms with Gasteiger partial charge in [-0.1, -0.05) is 11.6 Å². The highest BCUT2D eigenvalue weighted by Crippen LogP contribution is 2.18. The van der Waals surface area contributed by atoms with E-state index < -0.39 is 0 Å². The van der Waals surface area contributed by atoms with E-state index in [1.807, 2.05) is 0 Å². The molecule has 0 spiro atoms. The van der Waals surface area contributed by atoms with Crippen LogP contribution in [0.2, 0.25) is 5.02 Å². The maximum Gasteiger partial charge on any atom is 0.253 e. The average Bonchev–Trinajstić information content (AvgIpc) is 2.93. The number of amides is 1. The Balaban J connectivity index is 2.16. The Morgan fingerprint density at radius 1 is 1.47 bits per heavy atom. The van der Waals surface area contributed by atoms with Gasteiger partial charge in [-0.3, -0.25) is 9.89 Å². The summed E-state index contributed by atoms with van der Waals surface area (Å²) in [5.41, 5.74) is 0.354. The van der Waals surface area contributed by atoms with Crippen LogP contribution >= 0.6 is 11.6 Å². The predicted octanol–water partition coefficient (Wildman–Crippen LogP) is 1.39. The molecule has 1 unspecified atom stereocenters. The normalized spacial score (nSPS) is 11.9. The van der Waals surface area contributed by atoms with Crippen LogP contribution in [0.15, 0.2) is 18.6 Å². The van der Waals surface area contributed by atoms with E-state index in [1.54, 1.807) is 20.0 Å². The molecule has 0 radical (unpaired) electrons. The first-order valence-electron chi connectivity index (χ1n) is 5.61. The van der Waals surface area contributed by atoms with Crippen molar-refractivity contribution in [3.8, 4) is 0 Å². The number of nitrogens with one attached hydrogen (secondary N) is 3. The van der Waals surface area contributed by atoms with Crippen molar-refractivity contribution >= 4 is 23.3 Å². The van der Waals surface area contributed by atoms with E-state index in [1.165, 1.54) is 12.5 Å². The zero-order valence-electron chi connectivity index (χ0n) is 10.4. The number of rotatable bonds is 4. The Morgan fingerprint density at radius 3 is 2.89 bits per heavy atom. The molecule has 100 valence electrons. The van der Waals surface area contributed by atoms with Gasteiger partial charge in [-0.05, 0) is 13.0 Å². The Kier molecular flexibility index (Phi) is 3.96. The number of aromatic nitrogens is 4. The molecule has 0 aromatic carbocycles. The number of carbonyl (C=O) groups excluding carboxylic acids is 1. The van der Waals surface area contributed by atoms with Gasteiger partial charge in [0, 0.05) is 13.2 Å². The van der Waals surface area contributed by atoms with Crippen LogP contribution in [0.3, 0.4) is 0 Å². The first kappa shape index (κ1) is 13.3. The minimum atomic E-state index is -0.298. The number of hydrogen-bond donors (Lipinski definition) is 3. The van der Waals surface area contributed by atoms with Crippen molar-refractivity contribution in [3.63, 3.8) is 0 Å². The number of carbonyl (C=O) groups is 1. The number of halogens is 1. The second-order valence-electron chi connectivity index (χ2n) is 3.87. The van der Waals surface area contributed by atoms with Crippen molar-refractivity contribution < 1.29 is 4.79 Å². The van der Waals surface area contributed by atoms with E-state index in [0.717, 1.165) is 0 Å². The first-order chi connectivity index (χ1) is 9.11. The van der Waals surface area contributed by atoms with Gasteiger partial charge in [0.2, 0.25) is 0 Å². The van der Waals surface area contributed by atoms with E-state index in [4.69, 9.17) is 11.6 Å². The second-order valence-corrected chi connectivity index (χ2v) is 4.27. The van der Waals surface area contributed by atoms with Crippen LogP contribution in [0.5, 0.6) is 0 Å². The molecule has 3 N–H and O–H groups in total. The lowest BCUT2D eigenvalue weighted by molar-refractivity contribution is 0.0938. The molecule has 0 saturated heterocycles. The topological polar surface area (TPSA) is 95.6 Å². The Bertz CT molecular complexity index is 571. The molecular weight excluding hydrogens is 268 g/mol. The fraction of sp³-hybridized carbons (Fsp3) is 0.273. The lowest BCUT2D eigenvalue weighted by Crippen LogP contribution is -2.27. The SMILES string of the molecule is CNc1cc(C(=O)NC(C)c2ncn[nH]2)c(Cl)cn1. The van der Waals surface area contributed by atoms with E-state index in [0.29, 0.717) is 22.2 Å². The lowest BCUT2D eigenvalue weighted by Gasteiger charge is -2.12. The standard InChI is InChI=1S/C11H13ClN6O/c1-6(10-15-5-16-18-10)17-11(19)7-3-9(13-2)14-4-8(7)12/h3-6H,1-2H3,(H,13,14)(H,17,19)(H,15,16,18). The highest BCUT2D eigenvalue weighted by Gasteiger charge is 2.16. The molecule has 1 amide bonds. The van der Waals surface area contributed by atoms with Gasteiger partial charge in [0.05, 0.1) is 16.6 Å². The Labute approximate surface area is 114 Å². The van der Waals surface area contributed by atoms with Gasteiger partial charge >= 0.3 is 0 Å². The number of pyridine rings is 1. The molecule has 2 aromatic heterocycles. The Hall–Kier alpha value is -2.15. The summed E-state index contributed by atoms with van der Waals surface area (Å²) in [4.78, 5) is 20.1. The highest BCUT2D eigenvalue weighted by molar-refractivity contribution is 6.33. The van der Waals surface area contributed by atoms with Gasteiger partial charge in [0.1, 0.15) is 18.0 Å². The van der Waals surface area contributed by atoms with Crippen molar-refractivity contribution in [1.29, 1.82) is 0 Å². The highest BCUT2D eigenvalue weighted by atomic mass is 35.5. The third kappa shape index (κ3) is 3.00. The van der Waals surface area contributed by atoms with Crippen molar-refractivity contribution in [3.05, 3.63) is 35.0 Å². The third-order valence-corrected chi connectivity index (χ3v) is 2.85. The zero-order chi connectivity index (χ0) is 13.8. The van der Waals surface area contributed by atoms with Gasteiger partial charge in [0.15, 0.2) is 0 Å². The predicted molar refractivity (Wildman–Crippen MR) is 71.1 cm³/mol. The minimum Gasteiger partial charge on any atom is -0.373 e. The van der Waals surface area contributed by atoms with Crippen LogP contribution in [0, 0.1) is 0 Å². The second kappa shape index (κ2) is 5.66. The van der Waals surface area contributed by atoms with Crippen molar-refractivity contribution in [1.82, 2.24) is 25.5 Å². The van der Waals surface area contributed by atoms with Gasteiger partial charge < -0.3 is 10.6 Å². The van der Waals surface area contributed by atoms with Crippen LogP contribution in [0.1, 0.15) is 29.1 Å². The van der Waals surface area contributed by atoms with E-state index in [-0.39, 0.29) is 11.9 Å². The molecule has 8 heteroatoms. The summed E-state index contributed by atoms with van der Waals surface area (Å²) in [5, 5.41) is 12.4. The van der Waals surface area contributed by atoms with Crippen molar-refractivity contribution in [2.24, 2.45) is 0 Å².